The molecular weight excluding hydrogens is 318 g/mol. The van der Waals surface area contributed by atoms with Gasteiger partial charge in [-0.2, -0.15) is 0 Å². The Kier molecular flexibility index (Phi) is 5.61. The average molecular weight is 341 g/mol. The second-order valence-electron chi connectivity index (χ2n) is 5.90. The smallest absolute Gasteiger partial charge is 0.319 e. The van der Waals surface area contributed by atoms with Crippen LogP contribution in [-0.2, 0) is 0 Å². The molecule has 0 aliphatic heterocycles. The zero-order valence-electron chi connectivity index (χ0n) is 14.2. The topological polar surface area (TPSA) is 71.6 Å². The van der Waals surface area contributed by atoms with E-state index in [1.807, 2.05) is 48.5 Å². The molecule has 0 aromatic heterocycles. The molecule has 132 valence electrons. The summed E-state index contributed by atoms with van der Waals surface area (Å²) in [5.74, 6) is 1.62. The van der Waals surface area contributed by atoms with Gasteiger partial charge in [0, 0.05) is 24.0 Å². The second kappa shape index (κ2) is 8.28. The molecule has 2 aromatic rings. The van der Waals surface area contributed by atoms with Crippen LogP contribution in [0.2, 0.25) is 0 Å². The lowest BCUT2D eigenvalue weighted by molar-refractivity contribution is 0.251. The normalized spacial score (nSPS) is 13.0. The van der Waals surface area contributed by atoms with Gasteiger partial charge in [-0.05, 0) is 61.4 Å². The van der Waals surface area contributed by atoms with Crippen LogP contribution in [0.4, 0.5) is 16.2 Å². The summed E-state index contributed by atoms with van der Waals surface area (Å²) in [5.41, 5.74) is 1.75. The van der Waals surface area contributed by atoms with Gasteiger partial charge in [-0.3, -0.25) is 0 Å². The lowest BCUT2D eigenvalue weighted by atomic mass is 10.3. The minimum absolute atomic E-state index is 0.142. The van der Waals surface area contributed by atoms with Crippen molar-refractivity contribution in [2.24, 2.45) is 0 Å². The second-order valence-corrected chi connectivity index (χ2v) is 5.90. The van der Waals surface area contributed by atoms with E-state index in [2.05, 4.69) is 16.0 Å². The van der Waals surface area contributed by atoms with Gasteiger partial charge in [0.2, 0.25) is 0 Å². The Hall–Kier alpha value is -2.89. The van der Waals surface area contributed by atoms with Crippen molar-refractivity contribution < 1.29 is 14.3 Å². The fourth-order valence-electron chi connectivity index (χ4n) is 2.29. The van der Waals surface area contributed by atoms with E-state index < -0.39 is 0 Å². The molecule has 0 radical (unpaired) electrons. The number of amides is 2. The van der Waals surface area contributed by atoms with E-state index in [0.717, 1.165) is 35.7 Å². The summed E-state index contributed by atoms with van der Waals surface area (Å²) in [7, 11) is 1.64. The van der Waals surface area contributed by atoms with Gasteiger partial charge in [0.25, 0.3) is 0 Å². The highest BCUT2D eigenvalue weighted by molar-refractivity contribution is 5.89. The molecular formula is C19H23N3O3. The summed E-state index contributed by atoms with van der Waals surface area (Å²) in [6.07, 6.45) is 2.16. The van der Waals surface area contributed by atoms with Crippen molar-refractivity contribution in [1.29, 1.82) is 0 Å². The van der Waals surface area contributed by atoms with Crippen LogP contribution < -0.4 is 25.4 Å². The molecule has 0 atom stereocenters. The van der Waals surface area contributed by atoms with Gasteiger partial charge in [-0.1, -0.05) is 0 Å². The molecule has 0 heterocycles. The Morgan fingerprint density at radius 1 is 1.00 bits per heavy atom. The predicted octanol–water partition coefficient (Wildman–Crippen LogP) is 3.47. The van der Waals surface area contributed by atoms with Crippen molar-refractivity contribution >= 4 is 17.4 Å². The summed E-state index contributed by atoms with van der Waals surface area (Å²) in [6, 6.07) is 15.3. The number of ether oxygens (including phenoxy) is 2. The molecule has 3 N–H and O–H groups in total. The standard InChI is InChI=1S/C19H23N3O3/c1-24-17-8-10-18(11-9-17)25-13-12-20-14-2-4-15(5-3-14)21-19(23)22-16-6-7-16/h2-5,8-11,16,20H,6-7,12-13H2,1H3,(H2,21,22,23). The Balaban J connectivity index is 1.36. The molecule has 6 heteroatoms. The minimum atomic E-state index is -0.142. The van der Waals surface area contributed by atoms with Crippen LogP contribution in [0.25, 0.3) is 0 Å². The highest BCUT2D eigenvalue weighted by atomic mass is 16.5. The van der Waals surface area contributed by atoms with E-state index in [1.165, 1.54) is 0 Å². The third-order valence-electron chi connectivity index (χ3n) is 3.81. The molecule has 0 bridgehead atoms. The number of methoxy groups -OCH3 is 1. The Bertz CT molecular complexity index is 682. The molecule has 1 aliphatic rings. The summed E-state index contributed by atoms with van der Waals surface area (Å²) in [6.45, 7) is 1.23. The van der Waals surface area contributed by atoms with E-state index >= 15 is 0 Å². The fraction of sp³-hybridized carbons (Fsp3) is 0.316. The van der Waals surface area contributed by atoms with E-state index in [-0.39, 0.29) is 6.03 Å². The number of rotatable bonds is 8. The molecule has 1 aliphatic carbocycles. The Labute approximate surface area is 147 Å². The van der Waals surface area contributed by atoms with Gasteiger partial charge < -0.3 is 25.4 Å². The summed E-state index contributed by atoms with van der Waals surface area (Å²) in [5, 5.41) is 9.00. The fourth-order valence-corrected chi connectivity index (χ4v) is 2.29. The van der Waals surface area contributed by atoms with Crippen LogP contribution in [0.1, 0.15) is 12.8 Å². The quantitative estimate of drug-likeness (QED) is 0.643. The zero-order chi connectivity index (χ0) is 17.5. The highest BCUT2D eigenvalue weighted by Crippen LogP contribution is 2.19. The third kappa shape index (κ3) is 5.60. The van der Waals surface area contributed by atoms with E-state index in [4.69, 9.17) is 9.47 Å². The first-order valence-electron chi connectivity index (χ1n) is 8.41. The highest BCUT2D eigenvalue weighted by Gasteiger charge is 2.23. The lowest BCUT2D eigenvalue weighted by Crippen LogP contribution is -2.30. The third-order valence-corrected chi connectivity index (χ3v) is 3.81. The minimum Gasteiger partial charge on any atom is -0.497 e. The molecule has 6 nitrogen and oxygen atoms in total. The largest absolute Gasteiger partial charge is 0.497 e. The maximum absolute atomic E-state index is 11.7. The van der Waals surface area contributed by atoms with Crippen molar-refractivity contribution in [2.45, 2.75) is 18.9 Å². The molecule has 2 amide bonds. The summed E-state index contributed by atoms with van der Waals surface area (Å²) >= 11 is 0. The number of hydrogen-bond acceptors (Lipinski definition) is 4. The molecule has 0 unspecified atom stereocenters. The molecule has 3 rings (SSSR count). The van der Waals surface area contributed by atoms with Crippen LogP contribution >= 0.6 is 0 Å². The number of carbonyl (C=O) groups excluding carboxylic acids is 1. The van der Waals surface area contributed by atoms with Crippen LogP contribution in [-0.4, -0.2) is 32.3 Å². The van der Waals surface area contributed by atoms with Gasteiger partial charge in [0.05, 0.1) is 7.11 Å². The number of hydrogen-bond donors (Lipinski definition) is 3. The zero-order valence-corrected chi connectivity index (χ0v) is 14.2. The van der Waals surface area contributed by atoms with Gasteiger partial charge in [-0.15, -0.1) is 0 Å². The summed E-state index contributed by atoms with van der Waals surface area (Å²) in [4.78, 5) is 11.7. The van der Waals surface area contributed by atoms with Gasteiger partial charge in [0.1, 0.15) is 18.1 Å². The van der Waals surface area contributed by atoms with Crippen molar-refractivity contribution in [3.05, 3.63) is 48.5 Å². The first kappa shape index (κ1) is 17.0. The van der Waals surface area contributed by atoms with Gasteiger partial charge in [0.15, 0.2) is 0 Å². The van der Waals surface area contributed by atoms with E-state index in [0.29, 0.717) is 19.2 Å². The molecule has 25 heavy (non-hydrogen) atoms. The molecule has 1 saturated carbocycles. The molecule has 2 aromatic carbocycles. The van der Waals surface area contributed by atoms with Crippen LogP contribution in [0, 0.1) is 0 Å². The Morgan fingerprint density at radius 3 is 2.28 bits per heavy atom. The van der Waals surface area contributed by atoms with Crippen LogP contribution in [0.3, 0.4) is 0 Å². The number of nitrogens with one attached hydrogen (secondary N) is 3. The van der Waals surface area contributed by atoms with E-state index in [9.17, 15) is 4.79 Å². The van der Waals surface area contributed by atoms with Gasteiger partial charge >= 0.3 is 6.03 Å². The lowest BCUT2D eigenvalue weighted by Gasteiger charge is -2.10. The van der Waals surface area contributed by atoms with Crippen molar-refractivity contribution in [1.82, 2.24) is 5.32 Å². The average Bonchev–Trinajstić information content (AvgIpc) is 3.44. The molecule has 0 saturated heterocycles. The maximum atomic E-state index is 11.7. The first-order valence-corrected chi connectivity index (χ1v) is 8.41. The predicted molar refractivity (Wildman–Crippen MR) is 98.6 cm³/mol. The van der Waals surface area contributed by atoms with Crippen LogP contribution in [0.5, 0.6) is 11.5 Å². The molecule has 0 spiro atoms. The Morgan fingerprint density at radius 2 is 1.64 bits per heavy atom. The molecule has 1 fully saturated rings. The maximum Gasteiger partial charge on any atom is 0.319 e. The van der Waals surface area contributed by atoms with Gasteiger partial charge in [-0.25, -0.2) is 4.79 Å². The number of carbonyl (C=O) groups is 1. The monoisotopic (exact) mass is 341 g/mol. The van der Waals surface area contributed by atoms with E-state index in [1.54, 1.807) is 7.11 Å². The van der Waals surface area contributed by atoms with Crippen molar-refractivity contribution in [2.75, 3.05) is 30.9 Å². The summed E-state index contributed by atoms with van der Waals surface area (Å²) < 4.78 is 10.8. The number of urea groups is 1. The SMILES string of the molecule is COc1ccc(OCCNc2ccc(NC(=O)NC3CC3)cc2)cc1. The number of benzene rings is 2. The van der Waals surface area contributed by atoms with Crippen molar-refractivity contribution in [3.63, 3.8) is 0 Å². The van der Waals surface area contributed by atoms with Crippen LogP contribution in [0.15, 0.2) is 48.5 Å². The number of anilines is 2. The van der Waals surface area contributed by atoms with Crippen molar-refractivity contribution in [3.8, 4) is 11.5 Å². The first-order chi connectivity index (χ1) is 12.2.